The monoisotopic (exact) mass is 388 g/mol. The predicted octanol–water partition coefficient (Wildman–Crippen LogP) is 2.46. The van der Waals surface area contributed by atoms with Crippen LogP contribution in [0.4, 0.5) is 20.2 Å². The van der Waals surface area contributed by atoms with Crippen LogP contribution in [0.5, 0.6) is 0 Å². The summed E-state index contributed by atoms with van der Waals surface area (Å²) in [5.41, 5.74) is 8.31. The molecule has 2 aromatic rings. The standard InChI is InChI=1S/C21H26F2N4O/c22-17-6-5-15(13-18(17)23)14-21(28)26-11-12-27(16-7-9-25-10-8-16)20-4-2-1-3-19(20)24/h1-6,13,16,25H,7-12,14,24H2,(H,26,28). The van der Waals surface area contributed by atoms with Gasteiger partial charge in [-0.25, -0.2) is 8.78 Å². The SMILES string of the molecule is Nc1ccccc1N(CCNC(=O)Cc1ccc(F)c(F)c1)C1CCNCC1. The summed E-state index contributed by atoms with van der Waals surface area (Å²) in [5, 5.41) is 6.23. The molecule has 0 unspecified atom stereocenters. The lowest BCUT2D eigenvalue weighted by atomic mass is 10.0. The minimum atomic E-state index is -0.943. The van der Waals surface area contributed by atoms with Crippen LogP contribution in [0.1, 0.15) is 18.4 Å². The first kappa shape index (κ1) is 20.1. The number of piperidine rings is 1. The highest BCUT2D eigenvalue weighted by Gasteiger charge is 2.22. The first-order valence-electron chi connectivity index (χ1n) is 9.57. The van der Waals surface area contributed by atoms with Crippen molar-refractivity contribution in [3.05, 3.63) is 59.7 Å². The Morgan fingerprint density at radius 2 is 1.89 bits per heavy atom. The topological polar surface area (TPSA) is 70.4 Å². The van der Waals surface area contributed by atoms with Crippen molar-refractivity contribution < 1.29 is 13.6 Å². The van der Waals surface area contributed by atoms with E-state index in [4.69, 9.17) is 5.73 Å². The largest absolute Gasteiger partial charge is 0.397 e. The van der Waals surface area contributed by atoms with Crippen LogP contribution in [0, 0.1) is 11.6 Å². The number of nitrogen functional groups attached to an aromatic ring is 1. The number of halogens is 2. The van der Waals surface area contributed by atoms with E-state index in [1.165, 1.54) is 6.07 Å². The van der Waals surface area contributed by atoms with Gasteiger partial charge in [-0.15, -0.1) is 0 Å². The zero-order valence-corrected chi connectivity index (χ0v) is 15.8. The van der Waals surface area contributed by atoms with E-state index < -0.39 is 11.6 Å². The first-order valence-corrected chi connectivity index (χ1v) is 9.57. The highest BCUT2D eigenvalue weighted by Crippen LogP contribution is 2.27. The third-order valence-electron chi connectivity index (χ3n) is 5.02. The zero-order chi connectivity index (χ0) is 19.9. The molecular weight excluding hydrogens is 362 g/mol. The highest BCUT2D eigenvalue weighted by molar-refractivity contribution is 5.78. The van der Waals surface area contributed by atoms with Crippen LogP contribution in [-0.4, -0.2) is 38.1 Å². The molecule has 0 spiro atoms. The van der Waals surface area contributed by atoms with Gasteiger partial charge in [0.2, 0.25) is 5.91 Å². The van der Waals surface area contributed by atoms with E-state index >= 15 is 0 Å². The van der Waals surface area contributed by atoms with Crippen LogP contribution in [-0.2, 0) is 11.2 Å². The van der Waals surface area contributed by atoms with Crippen molar-refractivity contribution in [2.75, 3.05) is 36.8 Å². The maximum atomic E-state index is 13.3. The van der Waals surface area contributed by atoms with Crippen molar-refractivity contribution in [1.82, 2.24) is 10.6 Å². The van der Waals surface area contributed by atoms with Crippen molar-refractivity contribution in [3.63, 3.8) is 0 Å². The van der Waals surface area contributed by atoms with Gasteiger partial charge in [-0.1, -0.05) is 18.2 Å². The molecule has 1 amide bonds. The highest BCUT2D eigenvalue weighted by atomic mass is 19.2. The summed E-state index contributed by atoms with van der Waals surface area (Å²) in [7, 11) is 0. The van der Waals surface area contributed by atoms with Crippen LogP contribution >= 0.6 is 0 Å². The van der Waals surface area contributed by atoms with E-state index in [0.717, 1.165) is 43.8 Å². The molecular formula is C21H26F2N4O. The number of carbonyl (C=O) groups is 1. The molecule has 0 radical (unpaired) electrons. The number of anilines is 2. The van der Waals surface area contributed by atoms with Gasteiger partial charge in [-0.05, 0) is 55.8 Å². The van der Waals surface area contributed by atoms with Gasteiger partial charge in [-0.2, -0.15) is 0 Å². The molecule has 1 aliphatic heterocycles. The van der Waals surface area contributed by atoms with E-state index in [-0.39, 0.29) is 12.3 Å². The minimum Gasteiger partial charge on any atom is -0.397 e. The molecule has 0 bridgehead atoms. The van der Waals surface area contributed by atoms with Gasteiger partial charge in [-0.3, -0.25) is 4.79 Å². The number of carbonyl (C=O) groups excluding carboxylic acids is 1. The van der Waals surface area contributed by atoms with Gasteiger partial charge in [0, 0.05) is 19.1 Å². The fourth-order valence-electron chi connectivity index (χ4n) is 3.58. The molecule has 1 fully saturated rings. The summed E-state index contributed by atoms with van der Waals surface area (Å²) in [4.78, 5) is 14.4. The second kappa shape index (κ2) is 9.50. The maximum Gasteiger partial charge on any atom is 0.224 e. The summed E-state index contributed by atoms with van der Waals surface area (Å²) in [5.74, 6) is -2.08. The Bertz CT molecular complexity index is 809. The normalized spacial score (nSPS) is 14.6. The third-order valence-corrected chi connectivity index (χ3v) is 5.02. The molecule has 150 valence electrons. The number of hydrogen-bond donors (Lipinski definition) is 3. The summed E-state index contributed by atoms with van der Waals surface area (Å²) in [6.45, 7) is 2.98. The van der Waals surface area contributed by atoms with Crippen LogP contribution in [0.2, 0.25) is 0 Å². The van der Waals surface area contributed by atoms with Gasteiger partial charge in [0.15, 0.2) is 11.6 Å². The summed E-state index contributed by atoms with van der Waals surface area (Å²) >= 11 is 0. The Hall–Kier alpha value is -2.67. The molecule has 1 saturated heterocycles. The molecule has 1 aliphatic rings. The number of amides is 1. The number of hydrogen-bond acceptors (Lipinski definition) is 4. The first-order chi connectivity index (χ1) is 13.5. The van der Waals surface area contributed by atoms with Gasteiger partial charge in [0.1, 0.15) is 0 Å². The van der Waals surface area contributed by atoms with Gasteiger partial charge in [0.25, 0.3) is 0 Å². The second-order valence-corrected chi connectivity index (χ2v) is 7.01. The van der Waals surface area contributed by atoms with Crippen molar-refractivity contribution in [3.8, 4) is 0 Å². The maximum absolute atomic E-state index is 13.3. The lowest BCUT2D eigenvalue weighted by Gasteiger charge is -2.37. The number of nitrogens with two attached hydrogens (primary N) is 1. The van der Waals surface area contributed by atoms with Crippen LogP contribution in [0.25, 0.3) is 0 Å². The quantitative estimate of drug-likeness (QED) is 0.638. The third kappa shape index (κ3) is 5.19. The molecule has 0 aromatic heterocycles. The van der Waals surface area contributed by atoms with Gasteiger partial charge in [0.05, 0.1) is 17.8 Å². The summed E-state index contributed by atoms with van der Waals surface area (Å²) < 4.78 is 26.3. The molecule has 28 heavy (non-hydrogen) atoms. The molecule has 0 atom stereocenters. The number of nitrogens with zero attached hydrogens (tertiary/aromatic N) is 1. The Morgan fingerprint density at radius 1 is 1.14 bits per heavy atom. The van der Waals surface area contributed by atoms with Crippen LogP contribution in [0.3, 0.4) is 0 Å². The Labute approximate surface area is 163 Å². The Balaban J connectivity index is 1.59. The molecule has 4 N–H and O–H groups in total. The van der Waals surface area contributed by atoms with Crippen molar-refractivity contribution in [2.24, 2.45) is 0 Å². The molecule has 5 nitrogen and oxygen atoms in total. The zero-order valence-electron chi connectivity index (χ0n) is 15.8. The van der Waals surface area contributed by atoms with Crippen molar-refractivity contribution in [1.29, 1.82) is 0 Å². The van der Waals surface area contributed by atoms with E-state index in [1.807, 2.05) is 24.3 Å². The Kier molecular flexibility index (Phi) is 6.81. The molecule has 0 aliphatic carbocycles. The second-order valence-electron chi connectivity index (χ2n) is 7.01. The number of rotatable bonds is 7. The van der Waals surface area contributed by atoms with Crippen LogP contribution < -0.4 is 21.3 Å². The van der Waals surface area contributed by atoms with Crippen LogP contribution in [0.15, 0.2) is 42.5 Å². The fraction of sp³-hybridized carbons (Fsp3) is 0.381. The summed E-state index contributed by atoms with van der Waals surface area (Å²) in [6, 6.07) is 11.6. The molecule has 7 heteroatoms. The van der Waals surface area contributed by atoms with Gasteiger partial charge >= 0.3 is 0 Å². The van der Waals surface area contributed by atoms with E-state index in [1.54, 1.807) is 0 Å². The Morgan fingerprint density at radius 3 is 2.61 bits per heavy atom. The number of nitrogens with one attached hydrogen (secondary N) is 2. The number of para-hydroxylation sites is 2. The van der Waals surface area contributed by atoms with Gasteiger partial charge < -0.3 is 21.3 Å². The number of benzene rings is 2. The molecule has 0 saturated carbocycles. The van der Waals surface area contributed by atoms with Crippen molar-refractivity contribution >= 4 is 17.3 Å². The molecule has 3 rings (SSSR count). The smallest absolute Gasteiger partial charge is 0.224 e. The van der Waals surface area contributed by atoms with Crippen molar-refractivity contribution in [2.45, 2.75) is 25.3 Å². The lowest BCUT2D eigenvalue weighted by Crippen LogP contribution is -2.46. The fourth-order valence-corrected chi connectivity index (χ4v) is 3.58. The lowest BCUT2D eigenvalue weighted by molar-refractivity contribution is -0.120. The van der Waals surface area contributed by atoms with E-state index in [9.17, 15) is 13.6 Å². The average Bonchev–Trinajstić information content (AvgIpc) is 2.70. The molecule has 1 heterocycles. The predicted molar refractivity (Wildman–Crippen MR) is 107 cm³/mol. The molecule has 2 aromatic carbocycles. The summed E-state index contributed by atoms with van der Waals surface area (Å²) in [6.07, 6.45) is 2.03. The van der Waals surface area contributed by atoms with E-state index in [2.05, 4.69) is 15.5 Å². The average molecular weight is 388 g/mol. The van der Waals surface area contributed by atoms with E-state index in [0.29, 0.717) is 30.4 Å². The minimum absolute atomic E-state index is 0.0119.